The fourth-order valence-corrected chi connectivity index (χ4v) is 1.78. The minimum Gasteiger partial charge on any atom is -0.385 e. The molecular formula is C14H23N3O3. The number of anilines is 2. The van der Waals surface area contributed by atoms with Crippen molar-refractivity contribution >= 4 is 17.1 Å². The Bertz CT molecular complexity index is 424. The first kappa shape index (κ1) is 16.2. The van der Waals surface area contributed by atoms with Crippen molar-refractivity contribution in [1.29, 1.82) is 0 Å². The Kier molecular flexibility index (Phi) is 7.42. The van der Waals surface area contributed by atoms with E-state index in [1.807, 2.05) is 13.0 Å². The van der Waals surface area contributed by atoms with Gasteiger partial charge in [0.15, 0.2) is 0 Å². The zero-order valence-corrected chi connectivity index (χ0v) is 12.1. The molecule has 1 aromatic rings. The molecule has 0 atom stereocenters. The standard InChI is InChI=1S/C14H23N3O3/c1-3-7-20-8-5-6-16-13-9-12(15-4-2)10-14(11-13)17(18)19/h9-11,15-16H,3-8H2,1-2H3. The fourth-order valence-electron chi connectivity index (χ4n) is 1.78. The number of hydrogen-bond donors (Lipinski definition) is 2. The quantitative estimate of drug-likeness (QED) is 0.391. The second kappa shape index (κ2) is 9.14. The first-order chi connectivity index (χ1) is 9.67. The molecule has 112 valence electrons. The number of non-ortho nitro benzene ring substituents is 1. The molecule has 0 bridgehead atoms. The largest absolute Gasteiger partial charge is 0.385 e. The molecule has 20 heavy (non-hydrogen) atoms. The summed E-state index contributed by atoms with van der Waals surface area (Å²) >= 11 is 0. The van der Waals surface area contributed by atoms with Gasteiger partial charge >= 0.3 is 0 Å². The Morgan fingerprint density at radius 2 is 1.85 bits per heavy atom. The third kappa shape index (κ3) is 5.88. The Balaban J connectivity index is 2.53. The Hall–Kier alpha value is -1.82. The summed E-state index contributed by atoms with van der Waals surface area (Å²) < 4.78 is 5.38. The lowest BCUT2D eigenvalue weighted by Crippen LogP contribution is -2.07. The molecule has 0 aliphatic heterocycles. The van der Waals surface area contributed by atoms with Gasteiger partial charge < -0.3 is 15.4 Å². The molecule has 0 amide bonds. The smallest absolute Gasteiger partial charge is 0.273 e. The molecule has 0 saturated carbocycles. The molecule has 0 heterocycles. The van der Waals surface area contributed by atoms with Crippen LogP contribution in [0.4, 0.5) is 17.1 Å². The van der Waals surface area contributed by atoms with Gasteiger partial charge in [0, 0.05) is 49.8 Å². The summed E-state index contributed by atoms with van der Waals surface area (Å²) in [5.74, 6) is 0. The monoisotopic (exact) mass is 281 g/mol. The SMILES string of the molecule is CCCOCCCNc1cc(NCC)cc([N+](=O)[O-])c1. The van der Waals surface area contributed by atoms with Crippen LogP contribution in [0, 0.1) is 10.1 Å². The van der Waals surface area contributed by atoms with E-state index < -0.39 is 0 Å². The summed E-state index contributed by atoms with van der Waals surface area (Å²) in [6, 6.07) is 4.97. The highest BCUT2D eigenvalue weighted by Crippen LogP contribution is 2.24. The third-order valence-corrected chi connectivity index (χ3v) is 2.65. The molecule has 0 aromatic heterocycles. The van der Waals surface area contributed by atoms with Crippen molar-refractivity contribution < 1.29 is 9.66 Å². The predicted molar refractivity (Wildman–Crippen MR) is 81.5 cm³/mol. The van der Waals surface area contributed by atoms with Crippen LogP contribution in [0.15, 0.2) is 18.2 Å². The summed E-state index contributed by atoms with van der Waals surface area (Å²) in [7, 11) is 0. The van der Waals surface area contributed by atoms with E-state index in [1.54, 1.807) is 12.1 Å². The number of benzene rings is 1. The molecule has 0 aliphatic carbocycles. The van der Waals surface area contributed by atoms with Crippen molar-refractivity contribution in [1.82, 2.24) is 0 Å². The summed E-state index contributed by atoms with van der Waals surface area (Å²) in [6.45, 7) is 6.97. The number of nitrogens with zero attached hydrogens (tertiary/aromatic N) is 1. The maximum atomic E-state index is 10.9. The van der Waals surface area contributed by atoms with Gasteiger partial charge in [-0.15, -0.1) is 0 Å². The molecule has 0 saturated heterocycles. The zero-order chi connectivity index (χ0) is 14.8. The zero-order valence-electron chi connectivity index (χ0n) is 12.1. The van der Waals surface area contributed by atoms with Crippen molar-refractivity contribution in [2.24, 2.45) is 0 Å². The molecule has 0 radical (unpaired) electrons. The lowest BCUT2D eigenvalue weighted by atomic mass is 10.2. The van der Waals surface area contributed by atoms with E-state index in [4.69, 9.17) is 4.74 Å². The first-order valence-corrected chi connectivity index (χ1v) is 7.02. The third-order valence-electron chi connectivity index (χ3n) is 2.65. The highest BCUT2D eigenvalue weighted by Gasteiger charge is 2.09. The van der Waals surface area contributed by atoms with E-state index in [0.29, 0.717) is 6.61 Å². The van der Waals surface area contributed by atoms with Gasteiger partial charge in [0.05, 0.1) is 4.92 Å². The highest BCUT2D eigenvalue weighted by atomic mass is 16.6. The minimum atomic E-state index is -0.379. The van der Waals surface area contributed by atoms with Crippen molar-refractivity contribution in [2.75, 3.05) is 36.9 Å². The summed E-state index contributed by atoms with van der Waals surface area (Å²) in [5, 5.41) is 17.2. The molecule has 0 fully saturated rings. The number of ether oxygens (including phenoxy) is 1. The number of nitro groups is 1. The van der Waals surface area contributed by atoms with E-state index in [0.717, 1.165) is 43.9 Å². The Morgan fingerprint density at radius 1 is 1.15 bits per heavy atom. The summed E-state index contributed by atoms with van der Waals surface area (Å²) in [4.78, 5) is 10.5. The fraction of sp³-hybridized carbons (Fsp3) is 0.571. The summed E-state index contributed by atoms with van der Waals surface area (Å²) in [6.07, 6.45) is 1.89. The molecule has 1 rings (SSSR count). The van der Waals surface area contributed by atoms with Gasteiger partial charge in [-0.05, 0) is 25.8 Å². The van der Waals surface area contributed by atoms with Crippen LogP contribution in [0.5, 0.6) is 0 Å². The lowest BCUT2D eigenvalue weighted by Gasteiger charge is -2.09. The van der Waals surface area contributed by atoms with Gasteiger partial charge in [0.1, 0.15) is 0 Å². The van der Waals surface area contributed by atoms with Crippen molar-refractivity contribution in [3.8, 4) is 0 Å². The molecular weight excluding hydrogens is 258 g/mol. The topological polar surface area (TPSA) is 76.4 Å². The van der Waals surface area contributed by atoms with Crippen LogP contribution >= 0.6 is 0 Å². The Labute approximate surface area is 119 Å². The van der Waals surface area contributed by atoms with Crippen LogP contribution in [0.25, 0.3) is 0 Å². The van der Waals surface area contributed by atoms with Gasteiger partial charge in [-0.3, -0.25) is 10.1 Å². The van der Waals surface area contributed by atoms with Crippen LogP contribution < -0.4 is 10.6 Å². The average molecular weight is 281 g/mol. The van der Waals surface area contributed by atoms with Gasteiger partial charge in [-0.2, -0.15) is 0 Å². The van der Waals surface area contributed by atoms with Crippen LogP contribution in [0.1, 0.15) is 26.7 Å². The maximum Gasteiger partial charge on any atom is 0.273 e. The number of nitrogens with one attached hydrogen (secondary N) is 2. The van der Waals surface area contributed by atoms with Gasteiger partial charge in [0.2, 0.25) is 0 Å². The van der Waals surface area contributed by atoms with Gasteiger partial charge in [0.25, 0.3) is 5.69 Å². The summed E-state index contributed by atoms with van der Waals surface area (Å²) in [5.41, 5.74) is 1.60. The molecule has 0 aliphatic rings. The Morgan fingerprint density at radius 3 is 2.45 bits per heavy atom. The minimum absolute atomic E-state index is 0.0909. The second-order valence-corrected chi connectivity index (χ2v) is 4.45. The van der Waals surface area contributed by atoms with Gasteiger partial charge in [-0.25, -0.2) is 0 Å². The molecule has 0 spiro atoms. The first-order valence-electron chi connectivity index (χ1n) is 7.02. The average Bonchev–Trinajstić information content (AvgIpc) is 2.43. The van der Waals surface area contributed by atoms with Gasteiger partial charge in [-0.1, -0.05) is 6.92 Å². The van der Waals surface area contributed by atoms with Crippen LogP contribution in [0.3, 0.4) is 0 Å². The highest BCUT2D eigenvalue weighted by molar-refractivity contribution is 5.63. The number of hydrogen-bond acceptors (Lipinski definition) is 5. The van der Waals surface area contributed by atoms with Crippen LogP contribution in [0.2, 0.25) is 0 Å². The van der Waals surface area contributed by atoms with E-state index >= 15 is 0 Å². The van der Waals surface area contributed by atoms with Crippen molar-refractivity contribution in [3.05, 3.63) is 28.3 Å². The number of nitro benzene ring substituents is 1. The maximum absolute atomic E-state index is 10.9. The molecule has 2 N–H and O–H groups in total. The van der Waals surface area contributed by atoms with Crippen molar-refractivity contribution in [3.63, 3.8) is 0 Å². The molecule has 1 aromatic carbocycles. The van der Waals surface area contributed by atoms with E-state index in [-0.39, 0.29) is 10.6 Å². The van der Waals surface area contributed by atoms with E-state index in [2.05, 4.69) is 17.6 Å². The molecule has 6 nitrogen and oxygen atoms in total. The predicted octanol–water partition coefficient (Wildman–Crippen LogP) is 3.26. The molecule has 6 heteroatoms. The van der Waals surface area contributed by atoms with Crippen molar-refractivity contribution in [2.45, 2.75) is 26.7 Å². The lowest BCUT2D eigenvalue weighted by molar-refractivity contribution is -0.384. The van der Waals surface area contributed by atoms with E-state index in [9.17, 15) is 10.1 Å². The van der Waals surface area contributed by atoms with Crippen LogP contribution in [-0.4, -0.2) is 31.2 Å². The second-order valence-electron chi connectivity index (χ2n) is 4.45. The number of rotatable bonds is 10. The molecule has 0 unspecified atom stereocenters. The normalized spacial score (nSPS) is 10.3. The van der Waals surface area contributed by atoms with E-state index in [1.165, 1.54) is 0 Å². The van der Waals surface area contributed by atoms with Crippen LogP contribution in [-0.2, 0) is 4.74 Å².